The van der Waals surface area contributed by atoms with Gasteiger partial charge in [-0.2, -0.15) is 0 Å². The molecule has 1 aliphatic carbocycles. The number of carbonyl (C=O) groups is 2. The van der Waals surface area contributed by atoms with Gasteiger partial charge in [0.05, 0.1) is 11.8 Å². The van der Waals surface area contributed by atoms with Crippen molar-refractivity contribution in [2.75, 3.05) is 11.9 Å². The molecule has 0 bridgehead atoms. The molecule has 5 heteroatoms. The molecule has 0 unspecified atom stereocenters. The summed E-state index contributed by atoms with van der Waals surface area (Å²) in [5.41, 5.74) is 0.902. The number of hydrogen-bond acceptors (Lipinski definition) is 3. The van der Waals surface area contributed by atoms with Gasteiger partial charge in [-0.05, 0) is 57.2 Å². The average molecular weight is 380 g/mol. The summed E-state index contributed by atoms with van der Waals surface area (Å²) >= 11 is 0. The smallest absolute Gasteiger partial charge is 0.240 e. The number of aryl methyl sites for hydroxylation is 1. The van der Waals surface area contributed by atoms with Gasteiger partial charge in [0.2, 0.25) is 11.8 Å². The van der Waals surface area contributed by atoms with Crippen molar-refractivity contribution < 1.29 is 14.3 Å². The highest BCUT2D eigenvalue weighted by Gasteiger charge is 2.56. The van der Waals surface area contributed by atoms with Gasteiger partial charge in [-0.1, -0.05) is 42.5 Å². The third-order valence-corrected chi connectivity index (χ3v) is 4.89. The normalized spacial score (nSPS) is 14.4. The molecular weight excluding hydrogens is 352 g/mol. The van der Waals surface area contributed by atoms with Crippen molar-refractivity contribution in [2.45, 2.75) is 45.6 Å². The van der Waals surface area contributed by atoms with Crippen LogP contribution in [0, 0.1) is 5.41 Å². The van der Waals surface area contributed by atoms with Crippen LogP contribution in [0.3, 0.4) is 0 Å². The Morgan fingerprint density at radius 1 is 1.00 bits per heavy atom. The Morgan fingerprint density at radius 3 is 2.36 bits per heavy atom. The fraction of sp³-hybridized carbons (Fsp3) is 0.391. The van der Waals surface area contributed by atoms with E-state index in [-0.39, 0.29) is 17.9 Å². The second kappa shape index (κ2) is 8.91. The lowest BCUT2D eigenvalue weighted by Crippen LogP contribution is -2.40. The van der Waals surface area contributed by atoms with Crippen LogP contribution in [0.5, 0.6) is 5.75 Å². The molecule has 1 aliphatic rings. The van der Waals surface area contributed by atoms with Gasteiger partial charge in [0, 0.05) is 6.54 Å². The first-order valence-electron chi connectivity index (χ1n) is 9.91. The van der Waals surface area contributed by atoms with E-state index in [1.165, 1.54) is 5.56 Å². The average Bonchev–Trinajstić information content (AvgIpc) is 3.49. The van der Waals surface area contributed by atoms with Gasteiger partial charge in [0.25, 0.3) is 0 Å². The van der Waals surface area contributed by atoms with Gasteiger partial charge in [0.15, 0.2) is 0 Å². The molecule has 0 radical (unpaired) electrons. The fourth-order valence-electron chi connectivity index (χ4n) is 3.16. The van der Waals surface area contributed by atoms with E-state index < -0.39 is 5.41 Å². The van der Waals surface area contributed by atoms with E-state index in [9.17, 15) is 9.59 Å². The van der Waals surface area contributed by atoms with Crippen LogP contribution < -0.4 is 15.4 Å². The first-order chi connectivity index (χ1) is 13.5. The van der Waals surface area contributed by atoms with Crippen molar-refractivity contribution in [3.05, 3.63) is 60.2 Å². The third kappa shape index (κ3) is 4.91. The molecule has 2 aromatic carbocycles. The molecule has 2 N–H and O–H groups in total. The first kappa shape index (κ1) is 19.9. The second-order valence-corrected chi connectivity index (χ2v) is 7.54. The third-order valence-electron chi connectivity index (χ3n) is 4.89. The highest BCUT2D eigenvalue weighted by molar-refractivity contribution is 6.13. The summed E-state index contributed by atoms with van der Waals surface area (Å²) in [4.78, 5) is 25.4. The maximum Gasteiger partial charge on any atom is 0.240 e. The van der Waals surface area contributed by atoms with E-state index in [2.05, 4.69) is 22.8 Å². The number of benzene rings is 2. The lowest BCUT2D eigenvalue weighted by Gasteiger charge is -2.18. The molecule has 3 rings (SSSR count). The van der Waals surface area contributed by atoms with E-state index in [0.29, 0.717) is 30.8 Å². The predicted octanol–water partition coefficient (Wildman–Crippen LogP) is 3.94. The molecule has 0 spiro atoms. The molecule has 0 atom stereocenters. The van der Waals surface area contributed by atoms with Crippen molar-refractivity contribution in [1.82, 2.24) is 5.32 Å². The van der Waals surface area contributed by atoms with E-state index in [4.69, 9.17) is 4.74 Å². The summed E-state index contributed by atoms with van der Waals surface area (Å²) in [7, 11) is 0. The van der Waals surface area contributed by atoms with Gasteiger partial charge in [-0.25, -0.2) is 0 Å². The minimum absolute atomic E-state index is 0.000787. The Kier molecular flexibility index (Phi) is 6.34. The van der Waals surface area contributed by atoms with Crippen molar-refractivity contribution in [1.29, 1.82) is 0 Å². The Balaban J connectivity index is 1.53. The quantitative estimate of drug-likeness (QED) is 0.511. The zero-order chi connectivity index (χ0) is 20.0. The molecule has 5 nitrogen and oxygen atoms in total. The number of nitrogens with one attached hydrogen (secondary N) is 2. The van der Waals surface area contributed by atoms with Crippen LogP contribution >= 0.6 is 0 Å². The topological polar surface area (TPSA) is 67.4 Å². The number of rotatable bonds is 9. The molecule has 28 heavy (non-hydrogen) atoms. The number of carbonyl (C=O) groups excluding carboxylic acids is 2. The summed E-state index contributed by atoms with van der Waals surface area (Å²) in [6.07, 6.45) is 2.91. The summed E-state index contributed by atoms with van der Waals surface area (Å²) in [5, 5.41) is 5.83. The summed E-state index contributed by atoms with van der Waals surface area (Å²) < 4.78 is 5.75. The lowest BCUT2D eigenvalue weighted by molar-refractivity contribution is -0.134. The van der Waals surface area contributed by atoms with E-state index in [0.717, 1.165) is 12.8 Å². The number of hydrogen-bond donors (Lipinski definition) is 2. The molecule has 2 aromatic rings. The molecule has 1 saturated carbocycles. The first-order valence-corrected chi connectivity index (χ1v) is 9.91. The molecule has 0 aromatic heterocycles. The predicted molar refractivity (Wildman–Crippen MR) is 110 cm³/mol. The Labute approximate surface area is 166 Å². The van der Waals surface area contributed by atoms with Crippen LogP contribution in [-0.4, -0.2) is 24.5 Å². The summed E-state index contributed by atoms with van der Waals surface area (Å²) in [6.45, 7) is 4.43. The molecule has 0 heterocycles. The van der Waals surface area contributed by atoms with Crippen molar-refractivity contribution in [3.63, 3.8) is 0 Å². The highest BCUT2D eigenvalue weighted by Crippen LogP contribution is 2.47. The number of ether oxygens (including phenoxy) is 1. The van der Waals surface area contributed by atoms with Crippen LogP contribution in [0.25, 0.3) is 0 Å². The van der Waals surface area contributed by atoms with Gasteiger partial charge in [0.1, 0.15) is 11.2 Å². The van der Waals surface area contributed by atoms with Crippen molar-refractivity contribution >= 4 is 17.5 Å². The summed E-state index contributed by atoms with van der Waals surface area (Å²) in [5.74, 6) is 0.179. The SMILES string of the molecule is CC(C)Oc1ccccc1NC(=O)C1(C(=O)NCCCc2ccccc2)CC1. The number of para-hydroxylation sites is 2. The van der Waals surface area contributed by atoms with Crippen LogP contribution in [0.4, 0.5) is 5.69 Å². The van der Waals surface area contributed by atoms with E-state index in [1.807, 2.05) is 50.2 Å². The maximum absolute atomic E-state index is 12.8. The minimum atomic E-state index is -0.947. The second-order valence-electron chi connectivity index (χ2n) is 7.54. The summed E-state index contributed by atoms with van der Waals surface area (Å²) in [6, 6.07) is 17.5. The van der Waals surface area contributed by atoms with Crippen molar-refractivity contribution in [3.8, 4) is 5.75 Å². The van der Waals surface area contributed by atoms with Crippen LogP contribution in [0.15, 0.2) is 54.6 Å². The van der Waals surface area contributed by atoms with Crippen LogP contribution in [0.1, 0.15) is 38.7 Å². The lowest BCUT2D eigenvalue weighted by atomic mass is 10.0. The largest absolute Gasteiger partial charge is 0.489 e. The van der Waals surface area contributed by atoms with Gasteiger partial charge in [-0.15, -0.1) is 0 Å². The molecule has 0 aliphatic heterocycles. The molecule has 1 fully saturated rings. The van der Waals surface area contributed by atoms with Gasteiger partial charge < -0.3 is 15.4 Å². The zero-order valence-corrected chi connectivity index (χ0v) is 16.5. The maximum atomic E-state index is 12.8. The Bertz CT molecular complexity index is 814. The van der Waals surface area contributed by atoms with Gasteiger partial charge in [-0.3, -0.25) is 9.59 Å². The van der Waals surface area contributed by atoms with Crippen LogP contribution in [0.2, 0.25) is 0 Å². The highest BCUT2D eigenvalue weighted by atomic mass is 16.5. The molecular formula is C23H28N2O3. The van der Waals surface area contributed by atoms with E-state index in [1.54, 1.807) is 6.07 Å². The Morgan fingerprint density at radius 2 is 1.68 bits per heavy atom. The monoisotopic (exact) mass is 380 g/mol. The zero-order valence-electron chi connectivity index (χ0n) is 16.5. The molecule has 0 saturated heterocycles. The van der Waals surface area contributed by atoms with Gasteiger partial charge >= 0.3 is 0 Å². The number of anilines is 1. The Hall–Kier alpha value is -2.82. The molecule has 148 valence electrons. The van der Waals surface area contributed by atoms with Crippen molar-refractivity contribution in [2.24, 2.45) is 5.41 Å². The standard InChI is InChI=1S/C23H28N2O3/c1-17(2)28-20-13-7-6-12-19(20)25-22(27)23(14-15-23)21(26)24-16-8-11-18-9-4-3-5-10-18/h3-7,9-10,12-13,17H,8,11,14-16H2,1-2H3,(H,24,26)(H,25,27). The van der Waals surface area contributed by atoms with E-state index >= 15 is 0 Å². The fourth-order valence-corrected chi connectivity index (χ4v) is 3.16. The number of amides is 2. The molecule has 2 amide bonds. The minimum Gasteiger partial charge on any atom is -0.489 e. The van der Waals surface area contributed by atoms with Crippen LogP contribution in [-0.2, 0) is 16.0 Å².